The monoisotopic (exact) mass is 447 g/mol. The van der Waals surface area contributed by atoms with Gasteiger partial charge in [-0.1, -0.05) is 12.1 Å². The lowest BCUT2D eigenvalue weighted by atomic mass is 10.1. The zero-order chi connectivity index (χ0) is 22.9. The molecule has 0 saturated carbocycles. The third-order valence-electron chi connectivity index (χ3n) is 6.02. The van der Waals surface area contributed by atoms with Crippen LogP contribution in [0.3, 0.4) is 0 Å². The van der Waals surface area contributed by atoms with Crippen molar-refractivity contribution in [2.24, 2.45) is 5.73 Å². The minimum atomic E-state index is -0.535. The normalized spacial score (nSPS) is 16.2. The lowest BCUT2D eigenvalue weighted by Crippen LogP contribution is -2.35. The molecule has 8 nitrogen and oxygen atoms in total. The molecule has 170 valence electrons. The van der Waals surface area contributed by atoms with Gasteiger partial charge in [-0.05, 0) is 55.8 Å². The summed E-state index contributed by atoms with van der Waals surface area (Å²) in [6.45, 7) is 1.97. The number of nitrogens with one attached hydrogen (secondary N) is 1. The summed E-state index contributed by atoms with van der Waals surface area (Å²) in [6.07, 6.45) is 3.60. The Kier molecular flexibility index (Phi) is 5.65. The predicted molar refractivity (Wildman–Crippen MR) is 125 cm³/mol. The van der Waals surface area contributed by atoms with Crippen molar-refractivity contribution in [3.8, 4) is 17.0 Å². The first-order valence-corrected chi connectivity index (χ1v) is 10.9. The number of ether oxygens (including phenoxy) is 1. The number of hydrogen-bond acceptors (Lipinski definition) is 7. The van der Waals surface area contributed by atoms with E-state index in [9.17, 15) is 4.39 Å². The molecule has 1 aliphatic rings. The van der Waals surface area contributed by atoms with Crippen molar-refractivity contribution < 1.29 is 9.13 Å². The molecule has 1 fully saturated rings. The number of rotatable bonds is 5. The zero-order valence-corrected chi connectivity index (χ0v) is 18.3. The molecule has 9 heteroatoms. The Morgan fingerprint density at radius 3 is 2.61 bits per heavy atom. The van der Waals surface area contributed by atoms with Crippen LogP contribution in [-0.2, 0) is 0 Å². The third-order valence-corrected chi connectivity index (χ3v) is 6.02. The summed E-state index contributed by atoms with van der Waals surface area (Å²) in [5, 5.41) is 0. The van der Waals surface area contributed by atoms with Crippen molar-refractivity contribution in [1.82, 2.24) is 24.8 Å². The first-order chi connectivity index (χ1) is 16.0. The van der Waals surface area contributed by atoms with Crippen LogP contribution >= 0.6 is 0 Å². The fourth-order valence-corrected chi connectivity index (χ4v) is 4.13. The van der Waals surface area contributed by atoms with E-state index in [0.29, 0.717) is 22.8 Å². The number of nitrogen functional groups attached to an aromatic ring is 1. The summed E-state index contributed by atoms with van der Waals surface area (Å²) in [5.74, 6) is 1.14. The minimum absolute atomic E-state index is 0.0982. The molecule has 4 aromatic rings. The lowest BCUT2D eigenvalue weighted by molar-refractivity contribution is 0.115. The fourth-order valence-electron chi connectivity index (χ4n) is 4.13. The maximum Gasteiger partial charge on any atom is 0.220 e. The van der Waals surface area contributed by atoms with Gasteiger partial charge in [0.15, 0.2) is 0 Å². The second kappa shape index (κ2) is 8.76. The van der Waals surface area contributed by atoms with Crippen molar-refractivity contribution in [1.29, 1.82) is 0 Å². The van der Waals surface area contributed by atoms with E-state index in [-0.39, 0.29) is 17.9 Å². The van der Waals surface area contributed by atoms with Crippen LogP contribution in [0.2, 0.25) is 0 Å². The van der Waals surface area contributed by atoms with Crippen molar-refractivity contribution in [3.05, 3.63) is 65.9 Å². The highest BCUT2D eigenvalue weighted by Crippen LogP contribution is 2.34. The lowest BCUT2D eigenvalue weighted by Gasteiger charge is -2.29. The van der Waals surface area contributed by atoms with Gasteiger partial charge in [0.2, 0.25) is 5.95 Å². The van der Waals surface area contributed by atoms with Gasteiger partial charge in [0, 0.05) is 24.8 Å². The molecule has 1 atom stereocenters. The Morgan fingerprint density at radius 1 is 1.12 bits per heavy atom. The molecular formula is C24H26FN7O. The van der Waals surface area contributed by atoms with Crippen molar-refractivity contribution in [2.45, 2.75) is 25.0 Å². The molecule has 2 aromatic heterocycles. The highest BCUT2D eigenvalue weighted by atomic mass is 19.1. The number of piperidine rings is 1. The highest BCUT2D eigenvalue weighted by molar-refractivity contribution is 5.87. The Labute approximate surface area is 190 Å². The number of H-pyrrole nitrogens is 1. The van der Waals surface area contributed by atoms with Crippen LogP contribution in [-0.4, -0.2) is 51.1 Å². The van der Waals surface area contributed by atoms with E-state index in [2.05, 4.69) is 26.9 Å². The summed E-state index contributed by atoms with van der Waals surface area (Å²) in [7, 11) is 2.12. The van der Waals surface area contributed by atoms with E-state index < -0.39 is 6.04 Å². The van der Waals surface area contributed by atoms with E-state index in [4.69, 9.17) is 21.2 Å². The summed E-state index contributed by atoms with van der Waals surface area (Å²) in [6, 6.07) is 11.3. The van der Waals surface area contributed by atoms with Crippen LogP contribution in [0, 0.1) is 5.82 Å². The Hall–Kier alpha value is -3.56. The summed E-state index contributed by atoms with van der Waals surface area (Å²) in [4.78, 5) is 18.7. The SMILES string of the molecule is CN1CCC(Oc2cc(-c3ccnc(N)n3)cc3[nH]c(C(N)c4ccc(F)cc4)nc23)CC1. The number of hydrogen-bond donors (Lipinski definition) is 3. The molecule has 1 unspecified atom stereocenters. The minimum Gasteiger partial charge on any atom is -0.488 e. The van der Waals surface area contributed by atoms with Crippen LogP contribution in [0.15, 0.2) is 48.7 Å². The first kappa shape index (κ1) is 21.3. The van der Waals surface area contributed by atoms with E-state index in [1.54, 1.807) is 24.4 Å². The number of anilines is 1. The number of benzene rings is 2. The zero-order valence-electron chi connectivity index (χ0n) is 18.3. The first-order valence-electron chi connectivity index (χ1n) is 10.9. The molecule has 0 bridgehead atoms. The number of aromatic nitrogens is 4. The largest absolute Gasteiger partial charge is 0.488 e. The van der Waals surface area contributed by atoms with Crippen LogP contribution in [0.4, 0.5) is 10.3 Å². The fraction of sp³-hybridized carbons (Fsp3) is 0.292. The van der Waals surface area contributed by atoms with Gasteiger partial charge in [0.1, 0.15) is 29.0 Å². The second-order valence-electron chi connectivity index (χ2n) is 8.44. The van der Waals surface area contributed by atoms with Gasteiger partial charge in [-0.25, -0.2) is 19.3 Å². The van der Waals surface area contributed by atoms with E-state index >= 15 is 0 Å². The number of halogens is 1. The molecule has 0 aliphatic carbocycles. The number of nitrogens with zero attached hydrogens (tertiary/aromatic N) is 4. The molecule has 5 rings (SSSR count). The average Bonchev–Trinajstić information content (AvgIpc) is 3.25. The van der Waals surface area contributed by atoms with Crippen molar-refractivity contribution in [2.75, 3.05) is 25.9 Å². The van der Waals surface area contributed by atoms with Crippen LogP contribution in [0.1, 0.15) is 30.3 Å². The molecule has 2 aromatic carbocycles. The molecule has 33 heavy (non-hydrogen) atoms. The third kappa shape index (κ3) is 4.50. The molecule has 1 aliphatic heterocycles. The van der Waals surface area contributed by atoms with Crippen LogP contribution < -0.4 is 16.2 Å². The molecule has 0 radical (unpaired) electrons. The number of nitrogens with two attached hydrogens (primary N) is 2. The van der Waals surface area contributed by atoms with Crippen LogP contribution in [0.5, 0.6) is 5.75 Å². The Bertz CT molecular complexity index is 1270. The number of fused-ring (bicyclic) bond motifs is 1. The van der Waals surface area contributed by atoms with Crippen LogP contribution in [0.25, 0.3) is 22.3 Å². The van der Waals surface area contributed by atoms with E-state index in [1.165, 1.54) is 12.1 Å². The van der Waals surface area contributed by atoms with E-state index in [0.717, 1.165) is 42.6 Å². The van der Waals surface area contributed by atoms with Crippen molar-refractivity contribution in [3.63, 3.8) is 0 Å². The van der Waals surface area contributed by atoms with Gasteiger partial charge in [-0.3, -0.25) is 0 Å². The average molecular weight is 448 g/mol. The summed E-state index contributed by atoms with van der Waals surface area (Å²) >= 11 is 0. The smallest absolute Gasteiger partial charge is 0.220 e. The van der Waals surface area contributed by atoms with Gasteiger partial charge in [0.25, 0.3) is 0 Å². The Balaban J connectivity index is 1.56. The maximum absolute atomic E-state index is 13.4. The highest BCUT2D eigenvalue weighted by Gasteiger charge is 2.22. The summed E-state index contributed by atoms with van der Waals surface area (Å²) in [5.41, 5.74) is 16.0. The van der Waals surface area contributed by atoms with Gasteiger partial charge < -0.3 is 26.1 Å². The molecule has 1 saturated heterocycles. The van der Waals surface area contributed by atoms with Crippen molar-refractivity contribution >= 4 is 17.0 Å². The number of aromatic amines is 1. The number of likely N-dealkylation sites (tertiary alicyclic amines) is 1. The standard InChI is InChI=1S/C24H26FN7O/c1-32-10-7-17(8-11-32)33-20-13-15(18-6-9-28-24(27)30-18)12-19-22(20)31-23(29-19)21(26)14-2-4-16(25)5-3-14/h2-6,9,12-13,17,21H,7-8,10-11,26H2,1H3,(H,29,31)(H2,27,28,30). The maximum atomic E-state index is 13.4. The van der Waals surface area contributed by atoms with E-state index in [1.807, 2.05) is 12.1 Å². The van der Waals surface area contributed by atoms with Gasteiger partial charge in [-0.2, -0.15) is 0 Å². The number of imidazole rings is 1. The topological polar surface area (TPSA) is 119 Å². The molecule has 3 heterocycles. The summed E-state index contributed by atoms with van der Waals surface area (Å²) < 4.78 is 19.8. The van der Waals surface area contributed by atoms with Gasteiger partial charge >= 0.3 is 0 Å². The molecule has 0 amide bonds. The van der Waals surface area contributed by atoms with Gasteiger partial charge in [0.05, 0.1) is 17.3 Å². The molecule has 5 N–H and O–H groups in total. The van der Waals surface area contributed by atoms with Gasteiger partial charge in [-0.15, -0.1) is 0 Å². The quantitative estimate of drug-likeness (QED) is 0.430. The molecular weight excluding hydrogens is 421 g/mol. The predicted octanol–water partition coefficient (Wildman–Crippen LogP) is 3.26. The Morgan fingerprint density at radius 2 is 1.88 bits per heavy atom. The molecule has 0 spiro atoms. The second-order valence-corrected chi connectivity index (χ2v) is 8.44.